The molecule has 0 fully saturated rings. The monoisotopic (exact) mass is 232 g/mol. The van der Waals surface area contributed by atoms with Crippen LogP contribution in [0.15, 0.2) is 17.3 Å². The molecule has 7 heteroatoms. The Hall–Kier alpha value is -0.920. The maximum Gasteiger partial charge on any atom is 0.245 e. The molecule has 1 heterocycles. The summed E-state index contributed by atoms with van der Waals surface area (Å²) in [5, 5.41) is 3.92. The lowest BCUT2D eigenvalue weighted by atomic mass is 10.7. The Morgan fingerprint density at radius 1 is 1.60 bits per heavy atom. The molecule has 86 valence electrons. The predicted octanol–water partition coefficient (Wildman–Crippen LogP) is -0.518. The Bertz CT molecular complexity index is 412. The SMILES string of the molecule is CCn1cc(S(=O)(=O)N(C)CCN)cn1. The number of nitrogens with two attached hydrogens (primary N) is 1. The van der Waals surface area contributed by atoms with Crippen LogP contribution in [0.1, 0.15) is 6.92 Å². The molecule has 6 nitrogen and oxygen atoms in total. The van der Waals surface area contributed by atoms with Gasteiger partial charge >= 0.3 is 0 Å². The van der Waals surface area contributed by atoms with Crippen molar-refractivity contribution in [2.45, 2.75) is 18.4 Å². The molecule has 0 aliphatic heterocycles. The van der Waals surface area contributed by atoms with Crippen molar-refractivity contribution < 1.29 is 8.42 Å². The first kappa shape index (κ1) is 12.2. The molecule has 0 radical (unpaired) electrons. The number of rotatable bonds is 5. The molecule has 1 aromatic rings. The zero-order valence-electron chi connectivity index (χ0n) is 8.92. The Morgan fingerprint density at radius 2 is 2.27 bits per heavy atom. The van der Waals surface area contributed by atoms with Crippen molar-refractivity contribution in [2.24, 2.45) is 5.73 Å². The smallest absolute Gasteiger partial charge is 0.245 e. The van der Waals surface area contributed by atoms with Gasteiger partial charge in [-0.05, 0) is 6.92 Å². The Balaban J connectivity index is 2.95. The molecule has 0 saturated carbocycles. The van der Waals surface area contributed by atoms with Crippen LogP contribution >= 0.6 is 0 Å². The summed E-state index contributed by atoms with van der Waals surface area (Å²) in [6.45, 7) is 3.15. The molecule has 0 aliphatic carbocycles. The first-order chi connectivity index (χ1) is 7.02. The third kappa shape index (κ3) is 2.55. The highest BCUT2D eigenvalue weighted by Gasteiger charge is 2.21. The number of sulfonamides is 1. The standard InChI is InChI=1S/C8H16N4O2S/c1-3-12-7-8(6-10-12)15(13,14)11(2)5-4-9/h6-7H,3-5,9H2,1-2H3. The van der Waals surface area contributed by atoms with E-state index in [0.29, 0.717) is 19.6 Å². The first-order valence-corrected chi connectivity index (χ1v) is 6.15. The quantitative estimate of drug-likeness (QED) is 0.741. The lowest BCUT2D eigenvalue weighted by Crippen LogP contribution is -2.31. The number of hydrogen-bond acceptors (Lipinski definition) is 4. The third-order valence-electron chi connectivity index (χ3n) is 2.09. The topological polar surface area (TPSA) is 81.2 Å². The summed E-state index contributed by atoms with van der Waals surface area (Å²) in [6.07, 6.45) is 2.87. The minimum absolute atomic E-state index is 0.209. The molecule has 0 aliphatic rings. The molecule has 2 N–H and O–H groups in total. The van der Waals surface area contributed by atoms with Gasteiger partial charge < -0.3 is 5.73 Å². The second kappa shape index (κ2) is 4.73. The van der Waals surface area contributed by atoms with E-state index in [1.54, 1.807) is 4.68 Å². The van der Waals surface area contributed by atoms with Gasteiger partial charge in [-0.1, -0.05) is 0 Å². The van der Waals surface area contributed by atoms with Crippen LogP contribution in [0.25, 0.3) is 0 Å². The van der Waals surface area contributed by atoms with Crippen LogP contribution < -0.4 is 5.73 Å². The predicted molar refractivity (Wildman–Crippen MR) is 56.8 cm³/mol. The van der Waals surface area contributed by atoms with E-state index in [2.05, 4.69) is 5.10 Å². The lowest BCUT2D eigenvalue weighted by molar-refractivity contribution is 0.476. The molecular weight excluding hydrogens is 216 g/mol. The van der Waals surface area contributed by atoms with Gasteiger partial charge in [0.2, 0.25) is 10.0 Å². The van der Waals surface area contributed by atoms with E-state index in [0.717, 1.165) is 0 Å². The lowest BCUT2D eigenvalue weighted by Gasteiger charge is -2.14. The van der Waals surface area contributed by atoms with Gasteiger partial charge in [0.15, 0.2) is 0 Å². The van der Waals surface area contributed by atoms with Crippen LogP contribution in [0.3, 0.4) is 0 Å². The van der Waals surface area contributed by atoms with Crippen molar-refractivity contribution in [1.29, 1.82) is 0 Å². The summed E-state index contributed by atoms with van der Waals surface area (Å²) in [6, 6.07) is 0. The fourth-order valence-corrected chi connectivity index (χ4v) is 2.27. The Labute approximate surface area is 89.7 Å². The fraction of sp³-hybridized carbons (Fsp3) is 0.625. The van der Waals surface area contributed by atoms with Crippen LogP contribution in [0.4, 0.5) is 0 Å². The minimum atomic E-state index is -3.42. The summed E-state index contributed by atoms with van der Waals surface area (Å²) in [5.74, 6) is 0. The van der Waals surface area contributed by atoms with Gasteiger partial charge in [0.25, 0.3) is 0 Å². The summed E-state index contributed by atoms with van der Waals surface area (Å²) in [7, 11) is -1.91. The molecule has 1 aromatic heterocycles. The highest BCUT2D eigenvalue weighted by atomic mass is 32.2. The molecule has 0 bridgehead atoms. The molecule has 0 amide bonds. The van der Waals surface area contributed by atoms with Crippen LogP contribution in [-0.2, 0) is 16.6 Å². The van der Waals surface area contributed by atoms with E-state index in [9.17, 15) is 8.42 Å². The van der Waals surface area contributed by atoms with Gasteiger partial charge in [-0.25, -0.2) is 8.42 Å². The van der Waals surface area contributed by atoms with E-state index in [-0.39, 0.29) is 4.90 Å². The average Bonchev–Trinajstić information content (AvgIpc) is 2.66. The number of hydrogen-bond donors (Lipinski definition) is 1. The molecule has 0 saturated heterocycles. The zero-order chi connectivity index (χ0) is 11.5. The van der Waals surface area contributed by atoms with Crippen molar-refractivity contribution in [3.8, 4) is 0 Å². The van der Waals surface area contributed by atoms with Crippen molar-refractivity contribution in [3.05, 3.63) is 12.4 Å². The first-order valence-electron chi connectivity index (χ1n) is 4.71. The van der Waals surface area contributed by atoms with E-state index in [4.69, 9.17) is 5.73 Å². The maximum atomic E-state index is 11.9. The molecule has 0 atom stereocenters. The Kier molecular flexibility index (Phi) is 3.83. The van der Waals surface area contributed by atoms with Crippen LogP contribution in [0, 0.1) is 0 Å². The van der Waals surface area contributed by atoms with Crippen molar-refractivity contribution in [2.75, 3.05) is 20.1 Å². The van der Waals surface area contributed by atoms with E-state index >= 15 is 0 Å². The normalized spacial score (nSPS) is 12.3. The molecule has 15 heavy (non-hydrogen) atoms. The van der Waals surface area contributed by atoms with E-state index < -0.39 is 10.0 Å². The summed E-state index contributed by atoms with van der Waals surface area (Å²) < 4.78 is 26.5. The number of nitrogens with zero attached hydrogens (tertiary/aromatic N) is 3. The number of aryl methyl sites for hydroxylation is 1. The Morgan fingerprint density at radius 3 is 2.73 bits per heavy atom. The third-order valence-corrected chi connectivity index (χ3v) is 3.90. The van der Waals surface area contributed by atoms with Gasteiger partial charge in [-0.15, -0.1) is 0 Å². The molecule has 1 rings (SSSR count). The van der Waals surface area contributed by atoms with Gasteiger partial charge in [-0.3, -0.25) is 4.68 Å². The summed E-state index contributed by atoms with van der Waals surface area (Å²) in [5.41, 5.74) is 5.31. The van der Waals surface area contributed by atoms with Crippen molar-refractivity contribution >= 4 is 10.0 Å². The summed E-state index contributed by atoms with van der Waals surface area (Å²) in [4.78, 5) is 0.209. The van der Waals surface area contributed by atoms with Gasteiger partial charge in [0, 0.05) is 32.9 Å². The molecule has 0 spiro atoms. The number of aromatic nitrogens is 2. The van der Waals surface area contributed by atoms with E-state index in [1.165, 1.54) is 23.7 Å². The highest BCUT2D eigenvalue weighted by Crippen LogP contribution is 2.12. The molecular formula is C8H16N4O2S. The maximum absolute atomic E-state index is 11.9. The zero-order valence-corrected chi connectivity index (χ0v) is 9.74. The number of likely N-dealkylation sites (N-methyl/N-ethyl adjacent to an activating group) is 1. The molecule has 0 unspecified atom stereocenters. The van der Waals surface area contributed by atoms with Gasteiger partial charge in [-0.2, -0.15) is 9.40 Å². The average molecular weight is 232 g/mol. The largest absolute Gasteiger partial charge is 0.329 e. The van der Waals surface area contributed by atoms with Crippen LogP contribution in [0.2, 0.25) is 0 Å². The van der Waals surface area contributed by atoms with Gasteiger partial charge in [0.1, 0.15) is 4.90 Å². The second-order valence-electron chi connectivity index (χ2n) is 3.15. The van der Waals surface area contributed by atoms with Gasteiger partial charge in [0.05, 0.1) is 6.20 Å². The van der Waals surface area contributed by atoms with Crippen LogP contribution in [0.5, 0.6) is 0 Å². The van der Waals surface area contributed by atoms with Crippen molar-refractivity contribution in [3.63, 3.8) is 0 Å². The van der Waals surface area contributed by atoms with Crippen LogP contribution in [-0.4, -0.2) is 42.6 Å². The second-order valence-corrected chi connectivity index (χ2v) is 5.19. The molecule has 0 aromatic carbocycles. The summed E-state index contributed by atoms with van der Waals surface area (Å²) >= 11 is 0. The van der Waals surface area contributed by atoms with Crippen molar-refractivity contribution in [1.82, 2.24) is 14.1 Å². The minimum Gasteiger partial charge on any atom is -0.329 e. The van der Waals surface area contributed by atoms with E-state index in [1.807, 2.05) is 6.92 Å². The fourth-order valence-electron chi connectivity index (χ4n) is 1.13. The highest BCUT2D eigenvalue weighted by molar-refractivity contribution is 7.89.